The molecule has 0 saturated carbocycles. The van der Waals surface area contributed by atoms with Gasteiger partial charge in [-0.3, -0.25) is 4.98 Å². The highest BCUT2D eigenvalue weighted by Crippen LogP contribution is 2.35. The minimum absolute atomic E-state index is 0.933. The predicted octanol–water partition coefficient (Wildman–Crippen LogP) is 11.0. The van der Waals surface area contributed by atoms with Crippen LogP contribution in [0, 0.1) is 13.8 Å². The van der Waals surface area contributed by atoms with Gasteiger partial charge in [0.05, 0.1) is 11.3 Å². The molecule has 5 rings (SSSR count). The molecule has 0 unspecified atom stereocenters. The Morgan fingerprint density at radius 1 is 0.837 bits per heavy atom. The van der Waals surface area contributed by atoms with Crippen LogP contribution in [-0.4, -0.2) is 4.98 Å². The summed E-state index contributed by atoms with van der Waals surface area (Å²) < 4.78 is 8.29. The Balaban J connectivity index is 0.000000210. The third-order valence-electron chi connectivity index (χ3n) is 7.66. The molecule has 0 saturated heterocycles. The largest absolute Gasteiger partial charge is 0.460 e. The summed E-state index contributed by atoms with van der Waals surface area (Å²) in [5.74, 6) is 0.933. The number of nitrogens with zero attached hydrogens (tertiary/aromatic N) is 2. The van der Waals surface area contributed by atoms with Crippen LogP contribution >= 0.6 is 0 Å². The number of benzene rings is 2. The molecule has 43 heavy (non-hydrogen) atoms. The summed E-state index contributed by atoms with van der Waals surface area (Å²) in [7, 11) is 2.06. The van der Waals surface area contributed by atoms with Crippen molar-refractivity contribution in [2.24, 2.45) is 7.05 Å². The first-order valence-electron chi connectivity index (χ1n) is 15.1. The molecule has 0 aliphatic carbocycles. The molecule has 0 spiro atoms. The van der Waals surface area contributed by atoms with E-state index in [-0.39, 0.29) is 0 Å². The van der Waals surface area contributed by atoms with Gasteiger partial charge in [-0.15, -0.1) is 0 Å². The van der Waals surface area contributed by atoms with Crippen molar-refractivity contribution in [3.63, 3.8) is 0 Å². The molecule has 0 bridgehead atoms. The fraction of sp³-hybridized carbons (Fsp3) is 0.250. The molecular formula is C40H47N2O+. The fourth-order valence-corrected chi connectivity index (χ4v) is 4.68. The van der Waals surface area contributed by atoms with E-state index in [1.54, 1.807) is 11.1 Å². The first-order chi connectivity index (χ1) is 20.7. The van der Waals surface area contributed by atoms with Gasteiger partial charge in [-0.2, -0.15) is 0 Å². The van der Waals surface area contributed by atoms with E-state index in [0.717, 1.165) is 50.4 Å². The average molecular weight is 572 g/mol. The number of aryl methyl sites for hydroxylation is 3. The second kappa shape index (κ2) is 16.2. The molecule has 0 radical (unpaired) electrons. The second-order valence-corrected chi connectivity index (χ2v) is 10.9. The van der Waals surface area contributed by atoms with E-state index in [9.17, 15) is 0 Å². The van der Waals surface area contributed by atoms with Crippen molar-refractivity contribution in [1.29, 1.82) is 0 Å². The highest BCUT2D eigenvalue weighted by Gasteiger charge is 2.20. The summed E-state index contributed by atoms with van der Waals surface area (Å²) in [5, 5.41) is 1.14. The van der Waals surface area contributed by atoms with Crippen LogP contribution in [0.2, 0.25) is 0 Å². The highest BCUT2D eigenvalue weighted by atomic mass is 16.3. The topological polar surface area (TPSA) is 29.9 Å². The van der Waals surface area contributed by atoms with Crippen LogP contribution in [0.25, 0.3) is 39.6 Å². The van der Waals surface area contributed by atoms with E-state index in [2.05, 4.69) is 106 Å². The lowest BCUT2D eigenvalue weighted by atomic mass is 9.99. The van der Waals surface area contributed by atoms with E-state index in [4.69, 9.17) is 4.42 Å². The third-order valence-corrected chi connectivity index (χ3v) is 7.66. The summed E-state index contributed by atoms with van der Waals surface area (Å²) in [6.45, 7) is 18.9. The number of aromatic nitrogens is 2. The van der Waals surface area contributed by atoms with Crippen molar-refractivity contribution >= 4 is 17.0 Å². The number of fused-ring (bicyclic) bond motifs is 1. The van der Waals surface area contributed by atoms with E-state index in [0.29, 0.717) is 0 Å². The fourth-order valence-electron chi connectivity index (χ4n) is 4.68. The van der Waals surface area contributed by atoms with Crippen molar-refractivity contribution in [3.05, 3.63) is 138 Å². The van der Waals surface area contributed by atoms with Crippen LogP contribution in [0.5, 0.6) is 0 Å². The molecule has 0 aliphatic rings. The van der Waals surface area contributed by atoms with Gasteiger partial charge in [0.2, 0.25) is 5.69 Å². The van der Waals surface area contributed by atoms with Crippen molar-refractivity contribution < 1.29 is 8.98 Å². The number of hydrogen-bond donors (Lipinski definition) is 0. The zero-order chi connectivity index (χ0) is 31.4. The van der Waals surface area contributed by atoms with Crippen LogP contribution in [0.15, 0.2) is 125 Å². The first kappa shape index (κ1) is 33.0. The van der Waals surface area contributed by atoms with Gasteiger partial charge in [0.15, 0.2) is 6.20 Å². The molecule has 222 valence electrons. The Hall–Kier alpha value is -4.50. The van der Waals surface area contributed by atoms with E-state index in [1.807, 2.05) is 68.6 Å². The van der Waals surface area contributed by atoms with Crippen LogP contribution in [0.1, 0.15) is 64.3 Å². The summed E-state index contributed by atoms with van der Waals surface area (Å²) in [6, 6.07) is 26.6. The second-order valence-electron chi connectivity index (χ2n) is 10.9. The van der Waals surface area contributed by atoms with Gasteiger partial charge < -0.3 is 4.42 Å². The molecule has 0 fully saturated rings. The maximum Gasteiger partial charge on any atom is 0.216 e. The normalized spacial score (nSPS) is 11.3. The van der Waals surface area contributed by atoms with Crippen LogP contribution in [-0.2, 0) is 7.05 Å². The summed E-state index contributed by atoms with van der Waals surface area (Å²) in [6.07, 6.45) is 10.4. The lowest BCUT2D eigenvalue weighted by Gasteiger charge is -2.05. The Kier molecular flexibility index (Phi) is 12.5. The van der Waals surface area contributed by atoms with Crippen molar-refractivity contribution in [2.75, 3.05) is 0 Å². The highest BCUT2D eigenvalue weighted by molar-refractivity contribution is 5.98. The molecule has 0 N–H and O–H groups in total. The van der Waals surface area contributed by atoms with Crippen molar-refractivity contribution in [1.82, 2.24) is 4.98 Å². The molecule has 5 aromatic rings. The Morgan fingerprint density at radius 2 is 1.49 bits per heavy atom. The molecule has 3 heteroatoms. The predicted molar refractivity (Wildman–Crippen MR) is 185 cm³/mol. The standard InChI is InChI=1S/C21H22NO.C11H9N.C8H16/c1-14(2)9-11-17-16(4)23-21-18(17)12-10-15(3)20(21)19-8-6-7-13-22(19)5;1-2-6-10(7-3-1)11-8-4-5-9-12-11;1-5-7(3)8(4)6-2/h6-13H,1H2,2-5H3;1-9H;5-6H2,1-4H3/q+1;;/b11-9-;;. The number of pyridine rings is 2. The van der Waals surface area contributed by atoms with Gasteiger partial charge in [-0.1, -0.05) is 97.8 Å². The van der Waals surface area contributed by atoms with Gasteiger partial charge in [-0.05, 0) is 71.2 Å². The Bertz CT molecular complexity index is 1640. The number of rotatable bonds is 6. The lowest BCUT2D eigenvalue weighted by molar-refractivity contribution is -0.660. The Labute approximate surface area is 259 Å². The molecule has 0 aliphatic heterocycles. The van der Waals surface area contributed by atoms with Gasteiger partial charge in [0.1, 0.15) is 18.4 Å². The molecule has 0 atom stereocenters. The minimum atomic E-state index is 0.933. The molecule has 0 amide bonds. The zero-order valence-electron chi connectivity index (χ0n) is 27.2. The van der Waals surface area contributed by atoms with Crippen LogP contribution < -0.4 is 4.57 Å². The van der Waals surface area contributed by atoms with Gasteiger partial charge in [0.25, 0.3) is 0 Å². The summed E-state index contributed by atoms with van der Waals surface area (Å²) in [5.41, 5.74) is 11.9. The monoisotopic (exact) mass is 571 g/mol. The van der Waals surface area contributed by atoms with Crippen molar-refractivity contribution in [2.45, 2.75) is 61.3 Å². The summed E-state index contributed by atoms with van der Waals surface area (Å²) >= 11 is 0. The molecular weight excluding hydrogens is 524 g/mol. The number of furan rings is 1. The van der Waals surface area contributed by atoms with E-state index < -0.39 is 0 Å². The maximum atomic E-state index is 6.16. The first-order valence-corrected chi connectivity index (χ1v) is 15.1. The van der Waals surface area contributed by atoms with E-state index >= 15 is 0 Å². The zero-order valence-corrected chi connectivity index (χ0v) is 27.2. The van der Waals surface area contributed by atoms with Gasteiger partial charge in [-0.25, -0.2) is 4.57 Å². The minimum Gasteiger partial charge on any atom is -0.460 e. The quantitative estimate of drug-likeness (QED) is 0.115. The molecule has 3 aromatic heterocycles. The number of hydrogen-bond acceptors (Lipinski definition) is 2. The SMILES string of the molecule is C=C(C)/C=C\c1c(C)oc2c(-c3cccc[n+]3C)c(C)ccc12.CCC(C)=C(C)CC.c1ccc(-c2ccccn2)cc1. The van der Waals surface area contributed by atoms with Crippen molar-refractivity contribution in [3.8, 4) is 22.5 Å². The smallest absolute Gasteiger partial charge is 0.216 e. The Morgan fingerprint density at radius 3 is 2.07 bits per heavy atom. The van der Waals surface area contributed by atoms with Gasteiger partial charge in [0, 0.05) is 34.8 Å². The summed E-state index contributed by atoms with van der Waals surface area (Å²) in [4.78, 5) is 4.25. The molecule has 3 heterocycles. The van der Waals surface area contributed by atoms with Crippen LogP contribution in [0.4, 0.5) is 0 Å². The average Bonchev–Trinajstić information content (AvgIpc) is 3.35. The van der Waals surface area contributed by atoms with Crippen LogP contribution in [0.3, 0.4) is 0 Å². The lowest BCUT2D eigenvalue weighted by Crippen LogP contribution is -2.30. The maximum absolute atomic E-state index is 6.16. The third kappa shape index (κ3) is 8.99. The molecule has 3 nitrogen and oxygen atoms in total. The molecule has 2 aromatic carbocycles. The van der Waals surface area contributed by atoms with Gasteiger partial charge >= 0.3 is 0 Å². The number of allylic oxidation sites excluding steroid dienone is 4. The van der Waals surface area contributed by atoms with E-state index in [1.165, 1.54) is 18.4 Å².